The summed E-state index contributed by atoms with van der Waals surface area (Å²) in [6, 6.07) is 8.98. The fraction of sp³-hybridized carbons (Fsp3) is 0.143. The van der Waals surface area contributed by atoms with Crippen molar-refractivity contribution in [3.05, 3.63) is 59.3 Å². The summed E-state index contributed by atoms with van der Waals surface area (Å²) in [6.07, 6.45) is 0. The van der Waals surface area contributed by atoms with E-state index in [1.165, 1.54) is 0 Å². The first-order valence-electron chi connectivity index (χ1n) is 6.14. The van der Waals surface area contributed by atoms with E-state index in [-0.39, 0.29) is 12.1 Å². The Morgan fingerprint density at radius 2 is 2.05 bits per heavy atom. The summed E-state index contributed by atoms with van der Waals surface area (Å²) in [7, 11) is 0. The van der Waals surface area contributed by atoms with Gasteiger partial charge in [-0.1, -0.05) is 6.07 Å². The molecule has 1 N–H and O–H groups in total. The number of fused-ring (bicyclic) bond motifs is 1. The molecule has 6 heteroatoms. The van der Waals surface area contributed by atoms with Crippen molar-refractivity contribution in [2.75, 3.05) is 5.32 Å². The number of nitrogens with zero attached hydrogens (tertiary/aromatic N) is 3. The Bertz CT molecular complexity index is 767. The predicted octanol–water partition coefficient (Wildman–Crippen LogP) is 2.93. The standard InChI is InChI=1S/C14H12F2N4/c1-9-3-2-4-13-18-14(19-20(9)13)17-8-10-7-11(15)5-6-12(10)16/h2-7H,8H2,1H3,(H,17,19). The number of hydrogen-bond donors (Lipinski definition) is 1. The van der Waals surface area contributed by atoms with Crippen molar-refractivity contribution in [2.45, 2.75) is 13.5 Å². The Morgan fingerprint density at radius 1 is 1.20 bits per heavy atom. The molecule has 3 rings (SSSR count). The zero-order chi connectivity index (χ0) is 14.1. The van der Waals surface area contributed by atoms with Gasteiger partial charge in [0.25, 0.3) is 0 Å². The summed E-state index contributed by atoms with van der Waals surface area (Å²) < 4.78 is 28.2. The van der Waals surface area contributed by atoms with Crippen molar-refractivity contribution in [2.24, 2.45) is 0 Å². The Morgan fingerprint density at radius 3 is 2.85 bits per heavy atom. The molecule has 2 aromatic heterocycles. The summed E-state index contributed by atoms with van der Waals surface area (Å²) >= 11 is 0. The molecule has 3 aromatic rings. The number of pyridine rings is 1. The van der Waals surface area contributed by atoms with Gasteiger partial charge in [-0.3, -0.25) is 0 Å². The van der Waals surface area contributed by atoms with Gasteiger partial charge in [0.1, 0.15) is 11.6 Å². The highest BCUT2D eigenvalue weighted by Crippen LogP contribution is 2.13. The van der Waals surface area contributed by atoms with Crippen LogP contribution in [0.2, 0.25) is 0 Å². The molecule has 0 aliphatic rings. The lowest BCUT2D eigenvalue weighted by Gasteiger charge is -2.03. The minimum atomic E-state index is -0.470. The Hall–Kier alpha value is -2.50. The van der Waals surface area contributed by atoms with Gasteiger partial charge in [0, 0.05) is 17.8 Å². The van der Waals surface area contributed by atoms with Gasteiger partial charge in [0.2, 0.25) is 5.95 Å². The number of aryl methyl sites for hydroxylation is 1. The summed E-state index contributed by atoms with van der Waals surface area (Å²) in [6.45, 7) is 2.04. The molecule has 0 aliphatic carbocycles. The summed E-state index contributed by atoms with van der Waals surface area (Å²) in [5.74, 6) is -0.552. The van der Waals surface area contributed by atoms with Crippen LogP contribution in [0.3, 0.4) is 0 Å². The van der Waals surface area contributed by atoms with E-state index >= 15 is 0 Å². The third-order valence-electron chi connectivity index (χ3n) is 2.99. The molecule has 0 atom stereocenters. The number of benzene rings is 1. The van der Waals surface area contributed by atoms with Crippen LogP contribution < -0.4 is 5.32 Å². The lowest BCUT2D eigenvalue weighted by atomic mass is 10.2. The topological polar surface area (TPSA) is 42.2 Å². The highest BCUT2D eigenvalue weighted by molar-refractivity contribution is 5.44. The number of anilines is 1. The molecule has 0 unspecified atom stereocenters. The quantitative estimate of drug-likeness (QED) is 0.798. The molecule has 0 spiro atoms. The largest absolute Gasteiger partial charge is 0.349 e. The zero-order valence-corrected chi connectivity index (χ0v) is 10.8. The minimum absolute atomic E-state index is 0.125. The van der Waals surface area contributed by atoms with Gasteiger partial charge in [-0.05, 0) is 37.3 Å². The van der Waals surface area contributed by atoms with Crippen LogP contribution in [0.4, 0.5) is 14.7 Å². The van der Waals surface area contributed by atoms with Crippen molar-refractivity contribution in [1.29, 1.82) is 0 Å². The lowest BCUT2D eigenvalue weighted by Crippen LogP contribution is -2.04. The van der Waals surface area contributed by atoms with Gasteiger partial charge >= 0.3 is 0 Å². The van der Waals surface area contributed by atoms with Crippen LogP contribution in [0, 0.1) is 18.6 Å². The smallest absolute Gasteiger partial charge is 0.243 e. The van der Waals surface area contributed by atoms with E-state index in [0.29, 0.717) is 11.6 Å². The average molecular weight is 274 g/mol. The van der Waals surface area contributed by atoms with Crippen molar-refractivity contribution in [3.63, 3.8) is 0 Å². The molecular formula is C14H12F2N4. The van der Waals surface area contributed by atoms with Crippen LogP contribution in [0.5, 0.6) is 0 Å². The molecule has 0 radical (unpaired) electrons. The van der Waals surface area contributed by atoms with Gasteiger partial charge in [-0.25, -0.2) is 13.3 Å². The van der Waals surface area contributed by atoms with Crippen LogP contribution in [0.25, 0.3) is 5.65 Å². The number of halogens is 2. The van der Waals surface area contributed by atoms with Crippen molar-refractivity contribution in [1.82, 2.24) is 14.6 Å². The summed E-state index contributed by atoms with van der Waals surface area (Å²) in [5.41, 5.74) is 1.88. The van der Waals surface area contributed by atoms with Crippen molar-refractivity contribution >= 4 is 11.6 Å². The van der Waals surface area contributed by atoms with Crippen LogP contribution in [-0.2, 0) is 6.54 Å². The summed E-state index contributed by atoms with van der Waals surface area (Å²) in [5, 5.41) is 7.15. The Balaban J connectivity index is 1.83. The van der Waals surface area contributed by atoms with Crippen LogP contribution in [-0.4, -0.2) is 14.6 Å². The molecule has 0 saturated carbocycles. The summed E-state index contributed by atoms with van der Waals surface area (Å²) in [4.78, 5) is 4.27. The van der Waals surface area contributed by atoms with Crippen molar-refractivity contribution in [3.8, 4) is 0 Å². The SMILES string of the molecule is Cc1cccc2nc(NCc3cc(F)ccc3F)nn12. The molecule has 0 aliphatic heterocycles. The highest BCUT2D eigenvalue weighted by Gasteiger charge is 2.07. The van der Waals surface area contributed by atoms with Gasteiger partial charge in [-0.2, -0.15) is 4.98 Å². The number of rotatable bonds is 3. The Labute approximate surface area is 114 Å². The third-order valence-corrected chi connectivity index (χ3v) is 2.99. The third kappa shape index (κ3) is 2.32. The second-order valence-corrected chi connectivity index (χ2v) is 4.46. The minimum Gasteiger partial charge on any atom is -0.349 e. The molecule has 0 amide bonds. The maximum atomic E-state index is 13.5. The molecule has 0 fully saturated rings. The predicted molar refractivity (Wildman–Crippen MR) is 71.4 cm³/mol. The Kier molecular flexibility index (Phi) is 3.06. The molecule has 20 heavy (non-hydrogen) atoms. The molecular weight excluding hydrogens is 262 g/mol. The van der Waals surface area contributed by atoms with E-state index in [1.807, 2.05) is 25.1 Å². The van der Waals surface area contributed by atoms with Crippen LogP contribution in [0.15, 0.2) is 36.4 Å². The second kappa shape index (κ2) is 4.88. The van der Waals surface area contributed by atoms with E-state index in [9.17, 15) is 8.78 Å². The van der Waals surface area contributed by atoms with Crippen LogP contribution >= 0.6 is 0 Å². The first-order valence-corrected chi connectivity index (χ1v) is 6.14. The number of nitrogens with one attached hydrogen (secondary N) is 1. The lowest BCUT2D eigenvalue weighted by molar-refractivity contribution is 0.587. The maximum Gasteiger partial charge on any atom is 0.243 e. The fourth-order valence-electron chi connectivity index (χ4n) is 1.96. The fourth-order valence-corrected chi connectivity index (χ4v) is 1.96. The average Bonchev–Trinajstić information content (AvgIpc) is 2.84. The monoisotopic (exact) mass is 274 g/mol. The van der Waals surface area contributed by atoms with Crippen molar-refractivity contribution < 1.29 is 8.78 Å². The van der Waals surface area contributed by atoms with Gasteiger partial charge in [-0.15, -0.1) is 5.10 Å². The van der Waals surface area contributed by atoms with E-state index < -0.39 is 11.6 Å². The highest BCUT2D eigenvalue weighted by atomic mass is 19.1. The second-order valence-electron chi connectivity index (χ2n) is 4.46. The zero-order valence-electron chi connectivity index (χ0n) is 10.8. The molecule has 4 nitrogen and oxygen atoms in total. The van der Waals surface area contributed by atoms with E-state index in [2.05, 4.69) is 15.4 Å². The molecule has 0 saturated heterocycles. The van der Waals surface area contributed by atoms with E-state index in [4.69, 9.17) is 0 Å². The molecule has 1 aromatic carbocycles. The first kappa shape index (κ1) is 12.5. The van der Waals surface area contributed by atoms with Gasteiger partial charge in [0.05, 0.1) is 0 Å². The molecule has 2 heterocycles. The molecule has 102 valence electrons. The van der Waals surface area contributed by atoms with E-state index in [0.717, 1.165) is 23.9 Å². The maximum absolute atomic E-state index is 13.5. The first-order chi connectivity index (χ1) is 9.63. The molecule has 0 bridgehead atoms. The van der Waals surface area contributed by atoms with Gasteiger partial charge < -0.3 is 5.32 Å². The van der Waals surface area contributed by atoms with Crippen LogP contribution in [0.1, 0.15) is 11.3 Å². The van der Waals surface area contributed by atoms with Gasteiger partial charge in [0.15, 0.2) is 5.65 Å². The number of aromatic nitrogens is 3. The van der Waals surface area contributed by atoms with E-state index in [1.54, 1.807) is 4.52 Å². The number of hydrogen-bond acceptors (Lipinski definition) is 3. The normalized spacial score (nSPS) is 10.9.